The van der Waals surface area contributed by atoms with E-state index in [2.05, 4.69) is 0 Å². The van der Waals surface area contributed by atoms with Crippen molar-refractivity contribution >= 4 is 11.6 Å². The van der Waals surface area contributed by atoms with Crippen LogP contribution in [0.4, 0.5) is 0 Å². The molecule has 4 heteroatoms. The summed E-state index contributed by atoms with van der Waals surface area (Å²) in [6, 6.07) is 5.70. The molecule has 1 aliphatic carbocycles. The lowest BCUT2D eigenvalue weighted by molar-refractivity contribution is -0.116. The Labute approximate surface area is 143 Å². The number of ketones is 2. The fourth-order valence-electron chi connectivity index (χ4n) is 2.18. The molecule has 1 aromatic rings. The summed E-state index contributed by atoms with van der Waals surface area (Å²) in [5.74, 6) is 0.277. The highest BCUT2D eigenvalue weighted by atomic mass is 16.3. The van der Waals surface area contributed by atoms with Crippen LogP contribution in [0.15, 0.2) is 47.6 Å². The second-order valence-electron chi connectivity index (χ2n) is 7.86. The zero-order chi connectivity index (χ0) is 18.7. The standard InChI is InChI=1S/C14H20O2.C6H6O2/c1-13(2,3)9-7-12(16)10(8-11(9)15)14(4,5)6;7-5-1-2-6(8)4-3-5/h7-8H,1-6H3;1-4,7-8H. The number of phenols is 2. The van der Waals surface area contributed by atoms with Gasteiger partial charge in [-0.25, -0.2) is 0 Å². The maximum atomic E-state index is 11.9. The zero-order valence-electron chi connectivity index (χ0n) is 15.2. The molecular weight excluding hydrogens is 304 g/mol. The van der Waals surface area contributed by atoms with Crippen molar-refractivity contribution < 1.29 is 19.8 Å². The number of phenolic OH excluding ortho intramolecular Hbond substituents is 2. The van der Waals surface area contributed by atoms with Crippen LogP contribution in [0.1, 0.15) is 41.5 Å². The van der Waals surface area contributed by atoms with Crippen molar-refractivity contribution in [2.75, 3.05) is 0 Å². The number of carbonyl (C=O) groups is 2. The van der Waals surface area contributed by atoms with Gasteiger partial charge in [-0.3, -0.25) is 9.59 Å². The molecular formula is C20H26O4. The van der Waals surface area contributed by atoms with Crippen LogP contribution in [-0.2, 0) is 9.59 Å². The summed E-state index contributed by atoms with van der Waals surface area (Å²) in [7, 11) is 0. The molecule has 0 amide bonds. The Hall–Kier alpha value is -2.36. The van der Waals surface area contributed by atoms with Crippen LogP contribution in [0.25, 0.3) is 0 Å². The second kappa shape index (κ2) is 7.04. The predicted octanol–water partition coefficient (Wildman–Crippen LogP) is 4.18. The predicted molar refractivity (Wildman–Crippen MR) is 94.9 cm³/mol. The average Bonchev–Trinajstić information content (AvgIpc) is 2.42. The molecule has 130 valence electrons. The Kier molecular flexibility index (Phi) is 5.77. The molecule has 0 spiro atoms. The number of aromatic hydroxyl groups is 2. The van der Waals surface area contributed by atoms with Crippen molar-refractivity contribution in [1.29, 1.82) is 0 Å². The lowest BCUT2D eigenvalue weighted by Gasteiger charge is -2.28. The fraction of sp³-hybridized carbons (Fsp3) is 0.400. The van der Waals surface area contributed by atoms with Crippen molar-refractivity contribution in [3.05, 3.63) is 47.6 Å². The molecule has 4 nitrogen and oxygen atoms in total. The summed E-state index contributed by atoms with van der Waals surface area (Å²) >= 11 is 0. The van der Waals surface area contributed by atoms with Crippen molar-refractivity contribution in [2.24, 2.45) is 10.8 Å². The summed E-state index contributed by atoms with van der Waals surface area (Å²) in [5, 5.41) is 17.3. The molecule has 0 aromatic heterocycles. The van der Waals surface area contributed by atoms with E-state index in [0.29, 0.717) is 11.1 Å². The van der Waals surface area contributed by atoms with E-state index >= 15 is 0 Å². The van der Waals surface area contributed by atoms with Crippen molar-refractivity contribution in [3.63, 3.8) is 0 Å². The Morgan fingerprint density at radius 1 is 0.625 bits per heavy atom. The summed E-state index contributed by atoms with van der Waals surface area (Å²) in [6.45, 7) is 11.7. The molecule has 2 N–H and O–H groups in total. The van der Waals surface area contributed by atoms with Crippen molar-refractivity contribution in [3.8, 4) is 11.5 Å². The van der Waals surface area contributed by atoms with Gasteiger partial charge in [0, 0.05) is 11.1 Å². The van der Waals surface area contributed by atoms with Gasteiger partial charge in [0.15, 0.2) is 11.6 Å². The third-order valence-electron chi connectivity index (χ3n) is 3.55. The minimum Gasteiger partial charge on any atom is -0.508 e. The van der Waals surface area contributed by atoms with E-state index in [1.165, 1.54) is 36.4 Å². The maximum Gasteiger partial charge on any atom is 0.182 e. The molecule has 2 rings (SSSR count). The summed E-state index contributed by atoms with van der Waals surface area (Å²) < 4.78 is 0. The van der Waals surface area contributed by atoms with E-state index in [0.717, 1.165) is 0 Å². The average molecular weight is 330 g/mol. The minimum absolute atomic E-state index is 0.0305. The molecule has 1 aromatic carbocycles. The number of rotatable bonds is 0. The number of allylic oxidation sites excluding steroid dienone is 4. The first kappa shape index (κ1) is 19.7. The van der Waals surface area contributed by atoms with Crippen LogP contribution in [0.5, 0.6) is 11.5 Å². The van der Waals surface area contributed by atoms with Gasteiger partial charge < -0.3 is 10.2 Å². The Morgan fingerprint density at radius 2 is 0.875 bits per heavy atom. The van der Waals surface area contributed by atoms with Gasteiger partial charge in [0.05, 0.1) is 0 Å². The molecule has 24 heavy (non-hydrogen) atoms. The highest BCUT2D eigenvalue weighted by molar-refractivity contribution is 6.20. The maximum absolute atomic E-state index is 11.9. The lowest BCUT2D eigenvalue weighted by atomic mass is 9.75. The van der Waals surface area contributed by atoms with E-state index in [4.69, 9.17) is 10.2 Å². The topological polar surface area (TPSA) is 74.6 Å². The monoisotopic (exact) mass is 330 g/mol. The molecule has 0 unspecified atom stereocenters. The zero-order valence-corrected chi connectivity index (χ0v) is 15.2. The van der Waals surface area contributed by atoms with E-state index in [-0.39, 0.29) is 33.9 Å². The first-order valence-electron chi connectivity index (χ1n) is 7.83. The largest absolute Gasteiger partial charge is 0.508 e. The third kappa shape index (κ3) is 5.37. The van der Waals surface area contributed by atoms with Gasteiger partial charge in [-0.05, 0) is 47.2 Å². The Balaban J connectivity index is 0.000000300. The van der Waals surface area contributed by atoms with Crippen LogP contribution < -0.4 is 0 Å². The third-order valence-corrected chi connectivity index (χ3v) is 3.55. The quantitative estimate of drug-likeness (QED) is 0.553. The van der Waals surface area contributed by atoms with E-state index < -0.39 is 0 Å². The smallest absolute Gasteiger partial charge is 0.182 e. The van der Waals surface area contributed by atoms with Gasteiger partial charge in [0.2, 0.25) is 0 Å². The van der Waals surface area contributed by atoms with Crippen LogP contribution in [0, 0.1) is 10.8 Å². The van der Waals surface area contributed by atoms with Gasteiger partial charge in [-0.2, -0.15) is 0 Å². The number of hydrogen-bond donors (Lipinski definition) is 2. The SMILES string of the molecule is CC(C)(C)C1=CC(=O)C(C(C)(C)C)=CC1=O.Oc1ccc(O)cc1. The van der Waals surface area contributed by atoms with Gasteiger partial charge in [0.1, 0.15) is 11.5 Å². The van der Waals surface area contributed by atoms with Gasteiger partial charge in [-0.15, -0.1) is 0 Å². The summed E-state index contributed by atoms with van der Waals surface area (Å²) in [4.78, 5) is 23.9. The van der Waals surface area contributed by atoms with Crippen molar-refractivity contribution in [2.45, 2.75) is 41.5 Å². The molecule has 0 fully saturated rings. The molecule has 0 saturated carbocycles. The molecule has 0 atom stereocenters. The molecule has 0 aliphatic heterocycles. The Bertz CT molecular complexity index is 617. The molecule has 0 saturated heterocycles. The number of benzene rings is 1. The molecule has 1 aliphatic rings. The van der Waals surface area contributed by atoms with Crippen LogP contribution in [0.2, 0.25) is 0 Å². The van der Waals surface area contributed by atoms with Crippen LogP contribution in [0.3, 0.4) is 0 Å². The van der Waals surface area contributed by atoms with Gasteiger partial charge in [-0.1, -0.05) is 41.5 Å². The van der Waals surface area contributed by atoms with E-state index in [9.17, 15) is 9.59 Å². The first-order chi connectivity index (χ1) is 10.8. The van der Waals surface area contributed by atoms with Crippen LogP contribution in [-0.4, -0.2) is 21.8 Å². The van der Waals surface area contributed by atoms with Crippen LogP contribution >= 0.6 is 0 Å². The minimum atomic E-state index is -0.271. The van der Waals surface area contributed by atoms with E-state index in [1.807, 2.05) is 41.5 Å². The fourth-order valence-corrected chi connectivity index (χ4v) is 2.18. The lowest BCUT2D eigenvalue weighted by Crippen LogP contribution is -2.27. The molecule has 0 bridgehead atoms. The Morgan fingerprint density at radius 3 is 1.08 bits per heavy atom. The van der Waals surface area contributed by atoms with Crippen molar-refractivity contribution in [1.82, 2.24) is 0 Å². The number of carbonyl (C=O) groups excluding carboxylic acids is 2. The summed E-state index contributed by atoms with van der Waals surface area (Å²) in [5.41, 5.74) is 0.662. The normalized spacial score (nSPS) is 15.2. The molecule has 0 heterocycles. The first-order valence-corrected chi connectivity index (χ1v) is 7.83. The highest BCUT2D eigenvalue weighted by Gasteiger charge is 2.32. The van der Waals surface area contributed by atoms with Gasteiger partial charge >= 0.3 is 0 Å². The number of hydrogen-bond acceptors (Lipinski definition) is 4. The van der Waals surface area contributed by atoms with E-state index in [1.54, 1.807) is 0 Å². The highest BCUT2D eigenvalue weighted by Crippen LogP contribution is 2.34. The summed E-state index contributed by atoms with van der Waals surface area (Å²) in [6.07, 6.45) is 3.01. The van der Waals surface area contributed by atoms with Gasteiger partial charge in [0.25, 0.3) is 0 Å². The second-order valence-corrected chi connectivity index (χ2v) is 7.86. The molecule has 0 radical (unpaired) electrons.